The summed E-state index contributed by atoms with van der Waals surface area (Å²) in [5.41, 5.74) is 3.09. The van der Waals surface area contributed by atoms with Crippen molar-refractivity contribution in [3.63, 3.8) is 0 Å². The standard InChI is InChI=1S/C23H27N5O4/c1-30-22(29)20-19-12-24-28(21(19)26-23(25-20)32-15-18-8-11-31-18)14-17-6-4-16(5-7-17)13-27-9-2-3-10-27/h4-7,12,18H,2-3,8-11,13-15H2,1H3. The molecule has 1 aromatic carbocycles. The highest BCUT2D eigenvalue weighted by atomic mass is 16.6. The van der Waals surface area contributed by atoms with Gasteiger partial charge in [-0.3, -0.25) is 4.90 Å². The summed E-state index contributed by atoms with van der Waals surface area (Å²) in [6.07, 6.45) is 5.17. The van der Waals surface area contributed by atoms with Crippen molar-refractivity contribution in [3.8, 4) is 6.01 Å². The number of nitrogens with zero attached hydrogens (tertiary/aromatic N) is 5. The van der Waals surface area contributed by atoms with E-state index in [1.807, 2.05) is 0 Å². The molecule has 0 amide bonds. The summed E-state index contributed by atoms with van der Waals surface area (Å²) in [4.78, 5) is 23.6. The molecule has 2 aliphatic rings. The third-order valence-corrected chi connectivity index (χ3v) is 6.01. The second-order valence-electron chi connectivity index (χ2n) is 8.28. The van der Waals surface area contributed by atoms with Crippen LogP contribution in [0.25, 0.3) is 11.0 Å². The third kappa shape index (κ3) is 4.44. The number of likely N-dealkylation sites (tertiary alicyclic amines) is 1. The lowest BCUT2D eigenvalue weighted by atomic mass is 10.1. The zero-order valence-electron chi connectivity index (χ0n) is 18.2. The first kappa shape index (κ1) is 20.8. The summed E-state index contributed by atoms with van der Waals surface area (Å²) in [5.74, 6) is -0.548. The molecule has 1 unspecified atom stereocenters. The van der Waals surface area contributed by atoms with Crippen LogP contribution in [0.4, 0.5) is 0 Å². The van der Waals surface area contributed by atoms with Gasteiger partial charge in [0.1, 0.15) is 6.61 Å². The number of ether oxygens (including phenoxy) is 3. The number of hydrogen-bond donors (Lipinski definition) is 0. The van der Waals surface area contributed by atoms with Crippen LogP contribution in [-0.4, -0.2) is 70.1 Å². The highest BCUT2D eigenvalue weighted by Crippen LogP contribution is 2.22. The van der Waals surface area contributed by atoms with Crippen molar-refractivity contribution in [3.05, 3.63) is 47.3 Å². The van der Waals surface area contributed by atoms with Crippen molar-refractivity contribution in [2.45, 2.75) is 38.5 Å². The Kier molecular flexibility index (Phi) is 6.00. The van der Waals surface area contributed by atoms with Gasteiger partial charge in [0.2, 0.25) is 0 Å². The maximum atomic E-state index is 12.3. The number of hydrogen-bond acceptors (Lipinski definition) is 8. The summed E-state index contributed by atoms with van der Waals surface area (Å²) in [5, 5.41) is 4.99. The largest absolute Gasteiger partial charge is 0.464 e. The molecule has 0 aliphatic carbocycles. The number of fused-ring (bicyclic) bond motifs is 1. The quantitative estimate of drug-likeness (QED) is 0.496. The van der Waals surface area contributed by atoms with E-state index < -0.39 is 5.97 Å². The van der Waals surface area contributed by atoms with Crippen LogP contribution in [0.2, 0.25) is 0 Å². The van der Waals surface area contributed by atoms with Gasteiger partial charge in [-0.25, -0.2) is 9.48 Å². The van der Waals surface area contributed by atoms with Crippen LogP contribution in [0.5, 0.6) is 6.01 Å². The fourth-order valence-electron chi connectivity index (χ4n) is 4.07. The van der Waals surface area contributed by atoms with Crippen molar-refractivity contribution in [2.24, 2.45) is 0 Å². The Morgan fingerprint density at radius 2 is 1.84 bits per heavy atom. The van der Waals surface area contributed by atoms with Gasteiger partial charge in [0.05, 0.1) is 31.3 Å². The van der Waals surface area contributed by atoms with Crippen LogP contribution in [0.15, 0.2) is 30.5 Å². The van der Waals surface area contributed by atoms with Crippen molar-refractivity contribution in [1.82, 2.24) is 24.6 Å². The molecule has 0 saturated carbocycles. The summed E-state index contributed by atoms with van der Waals surface area (Å²) in [7, 11) is 1.33. The molecule has 2 fully saturated rings. The van der Waals surface area contributed by atoms with Crippen molar-refractivity contribution in [1.29, 1.82) is 0 Å². The average molecular weight is 438 g/mol. The zero-order valence-corrected chi connectivity index (χ0v) is 18.2. The van der Waals surface area contributed by atoms with Gasteiger partial charge < -0.3 is 14.2 Å². The van der Waals surface area contributed by atoms with Crippen LogP contribution >= 0.6 is 0 Å². The third-order valence-electron chi connectivity index (χ3n) is 6.01. The molecule has 2 saturated heterocycles. The molecular formula is C23H27N5O4. The molecule has 32 heavy (non-hydrogen) atoms. The number of carbonyl (C=O) groups is 1. The van der Waals surface area contributed by atoms with Gasteiger partial charge in [0, 0.05) is 19.6 Å². The first-order valence-electron chi connectivity index (χ1n) is 11.1. The number of rotatable bonds is 8. The minimum absolute atomic E-state index is 0.0415. The van der Waals surface area contributed by atoms with Crippen LogP contribution in [0.3, 0.4) is 0 Å². The van der Waals surface area contributed by atoms with Crippen LogP contribution in [-0.2, 0) is 22.6 Å². The van der Waals surface area contributed by atoms with E-state index in [4.69, 9.17) is 14.2 Å². The predicted molar refractivity (Wildman–Crippen MR) is 117 cm³/mol. The lowest BCUT2D eigenvalue weighted by molar-refractivity contribution is -0.0733. The molecule has 0 radical (unpaired) electrons. The smallest absolute Gasteiger partial charge is 0.357 e. The molecule has 1 atom stereocenters. The van der Waals surface area contributed by atoms with Crippen LogP contribution in [0, 0.1) is 0 Å². The molecular weight excluding hydrogens is 410 g/mol. The van der Waals surface area contributed by atoms with E-state index >= 15 is 0 Å². The number of carbonyl (C=O) groups excluding carboxylic acids is 1. The van der Waals surface area contributed by atoms with Crippen LogP contribution in [0.1, 0.15) is 40.9 Å². The van der Waals surface area contributed by atoms with Crippen molar-refractivity contribution in [2.75, 3.05) is 33.4 Å². The Bertz CT molecular complexity index is 1090. The van der Waals surface area contributed by atoms with Gasteiger partial charge in [-0.05, 0) is 37.1 Å². The first-order valence-corrected chi connectivity index (χ1v) is 11.1. The van der Waals surface area contributed by atoms with E-state index in [0.717, 1.165) is 25.1 Å². The van der Waals surface area contributed by atoms with Gasteiger partial charge in [-0.15, -0.1) is 0 Å². The SMILES string of the molecule is COC(=O)c1nc(OCC2CCO2)nc2c1cnn2Cc1ccc(CN2CCCC2)cc1. The molecule has 5 rings (SSSR count). The predicted octanol–water partition coefficient (Wildman–Crippen LogP) is 2.42. The summed E-state index contributed by atoms with van der Waals surface area (Å²) in [6.45, 7) is 4.97. The topological polar surface area (TPSA) is 91.6 Å². The highest BCUT2D eigenvalue weighted by molar-refractivity contribution is 6.00. The zero-order chi connectivity index (χ0) is 21.9. The Hall–Kier alpha value is -3.04. The summed E-state index contributed by atoms with van der Waals surface area (Å²) >= 11 is 0. The Balaban J connectivity index is 1.37. The summed E-state index contributed by atoms with van der Waals surface area (Å²) in [6, 6.07) is 8.69. The van der Waals surface area contributed by atoms with Crippen molar-refractivity contribution >= 4 is 17.0 Å². The van der Waals surface area contributed by atoms with Gasteiger partial charge in [0.25, 0.3) is 0 Å². The molecule has 2 aliphatic heterocycles. The molecule has 9 heteroatoms. The second-order valence-corrected chi connectivity index (χ2v) is 8.28. The Labute approximate surface area is 186 Å². The number of methoxy groups -OCH3 is 1. The lowest BCUT2D eigenvalue weighted by Crippen LogP contribution is -2.33. The van der Waals surface area contributed by atoms with E-state index in [-0.39, 0.29) is 17.8 Å². The Morgan fingerprint density at radius 3 is 2.50 bits per heavy atom. The molecule has 0 spiro atoms. The second kappa shape index (κ2) is 9.22. The van der Waals surface area contributed by atoms with Crippen LogP contribution < -0.4 is 4.74 Å². The average Bonchev–Trinajstić information content (AvgIpc) is 3.43. The molecule has 9 nitrogen and oxygen atoms in total. The van der Waals surface area contributed by atoms with E-state index in [0.29, 0.717) is 24.2 Å². The number of esters is 1. The normalized spacial score (nSPS) is 18.6. The maximum Gasteiger partial charge on any atom is 0.357 e. The molecule has 168 valence electrons. The highest BCUT2D eigenvalue weighted by Gasteiger charge is 2.23. The van der Waals surface area contributed by atoms with E-state index in [2.05, 4.69) is 44.2 Å². The minimum Gasteiger partial charge on any atom is -0.464 e. The number of benzene rings is 1. The maximum absolute atomic E-state index is 12.3. The summed E-state index contributed by atoms with van der Waals surface area (Å²) < 4.78 is 17.7. The van der Waals surface area contributed by atoms with Gasteiger partial charge in [-0.1, -0.05) is 24.3 Å². The molecule has 0 bridgehead atoms. The van der Waals surface area contributed by atoms with Gasteiger partial charge >= 0.3 is 12.0 Å². The molecule has 0 N–H and O–H groups in total. The van der Waals surface area contributed by atoms with Gasteiger partial charge in [0.15, 0.2) is 11.3 Å². The molecule has 4 heterocycles. The number of aromatic nitrogens is 4. The molecule has 3 aromatic rings. The van der Waals surface area contributed by atoms with Crippen molar-refractivity contribution < 1.29 is 19.0 Å². The monoisotopic (exact) mass is 437 g/mol. The first-order chi connectivity index (χ1) is 15.7. The van der Waals surface area contributed by atoms with E-state index in [9.17, 15) is 4.79 Å². The fraction of sp³-hybridized carbons (Fsp3) is 0.478. The minimum atomic E-state index is -0.548. The lowest BCUT2D eigenvalue weighted by Gasteiger charge is -2.25. The molecule has 2 aromatic heterocycles. The Morgan fingerprint density at radius 1 is 1.12 bits per heavy atom. The van der Waals surface area contributed by atoms with Gasteiger partial charge in [-0.2, -0.15) is 15.1 Å². The van der Waals surface area contributed by atoms with E-state index in [1.165, 1.54) is 38.6 Å². The fourth-order valence-corrected chi connectivity index (χ4v) is 4.07. The van der Waals surface area contributed by atoms with E-state index in [1.54, 1.807) is 10.9 Å².